The van der Waals surface area contributed by atoms with Crippen molar-refractivity contribution in [3.8, 4) is 0 Å². The summed E-state index contributed by atoms with van der Waals surface area (Å²) >= 11 is 0. The maximum absolute atomic E-state index is 11.0. The van der Waals surface area contributed by atoms with Crippen molar-refractivity contribution in [1.29, 1.82) is 0 Å². The molecule has 4 heteroatoms. The van der Waals surface area contributed by atoms with Crippen LogP contribution in [-0.4, -0.2) is 21.6 Å². The van der Waals surface area contributed by atoms with Gasteiger partial charge in [0.15, 0.2) is 0 Å². The number of aromatic carboxylic acids is 1. The Kier molecular flexibility index (Phi) is 2.14. The average molecular weight is 206 g/mol. The van der Waals surface area contributed by atoms with Crippen LogP contribution in [0.5, 0.6) is 0 Å². The molecule has 0 amide bonds. The molecule has 1 heterocycles. The second-order valence-corrected chi connectivity index (χ2v) is 4.34. The fourth-order valence-corrected chi connectivity index (χ4v) is 1.42. The van der Waals surface area contributed by atoms with Gasteiger partial charge in [-0.05, 0) is 38.8 Å². The Hall–Kier alpha value is -1.58. The second kappa shape index (κ2) is 3.22. The molecular weight excluding hydrogens is 192 g/mol. The number of aromatic nitrogens is 1. The van der Waals surface area contributed by atoms with E-state index in [0.717, 1.165) is 18.5 Å². The normalized spacial score (nSPS) is 17.2. The fourth-order valence-electron chi connectivity index (χ4n) is 1.42. The first-order chi connectivity index (χ1) is 7.00. The number of pyridine rings is 1. The number of hydrogen-bond donors (Lipinski definition) is 2. The summed E-state index contributed by atoms with van der Waals surface area (Å²) in [4.78, 5) is 15.2. The monoisotopic (exact) mass is 206 g/mol. The molecule has 0 aromatic carbocycles. The Morgan fingerprint density at radius 2 is 2.20 bits per heavy atom. The Balaban J connectivity index is 2.34. The highest BCUT2D eigenvalue weighted by atomic mass is 16.4. The van der Waals surface area contributed by atoms with Gasteiger partial charge in [0, 0.05) is 11.2 Å². The second-order valence-electron chi connectivity index (χ2n) is 4.34. The highest BCUT2D eigenvalue weighted by Gasteiger charge is 2.38. The molecule has 0 saturated heterocycles. The first-order valence-electron chi connectivity index (χ1n) is 4.99. The molecule has 1 aliphatic carbocycles. The molecule has 1 fully saturated rings. The van der Waals surface area contributed by atoms with Gasteiger partial charge in [-0.25, -0.2) is 9.78 Å². The molecule has 1 aliphatic rings. The van der Waals surface area contributed by atoms with Crippen LogP contribution in [0.2, 0.25) is 0 Å². The summed E-state index contributed by atoms with van der Waals surface area (Å²) in [6.45, 7) is 3.93. The summed E-state index contributed by atoms with van der Waals surface area (Å²) in [5.41, 5.74) is 1.12. The van der Waals surface area contributed by atoms with Crippen molar-refractivity contribution in [2.45, 2.75) is 32.2 Å². The summed E-state index contributed by atoms with van der Waals surface area (Å²) < 4.78 is 0. The van der Waals surface area contributed by atoms with Crippen LogP contribution in [0.15, 0.2) is 12.1 Å². The maximum Gasteiger partial charge on any atom is 0.339 e. The lowest BCUT2D eigenvalue weighted by Gasteiger charge is -2.14. The highest BCUT2D eigenvalue weighted by molar-refractivity contribution is 5.93. The van der Waals surface area contributed by atoms with Crippen LogP contribution in [0.1, 0.15) is 35.8 Å². The standard InChI is InChI=1S/C11H14N2O2/c1-7-3-4-8(10(14)15)9(12-7)13-11(2)5-6-11/h3-4H,5-6H2,1-2H3,(H,12,13)(H,14,15). The minimum atomic E-state index is -0.936. The Labute approximate surface area is 88.3 Å². The fraction of sp³-hybridized carbons (Fsp3) is 0.455. The van der Waals surface area contributed by atoms with E-state index in [0.29, 0.717) is 5.82 Å². The molecule has 15 heavy (non-hydrogen) atoms. The lowest BCUT2D eigenvalue weighted by atomic mass is 10.2. The third-order valence-electron chi connectivity index (χ3n) is 2.69. The number of carboxylic acid groups (broad SMARTS) is 1. The zero-order chi connectivity index (χ0) is 11.1. The lowest BCUT2D eigenvalue weighted by molar-refractivity contribution is 0.0697. The third kappa shape index (κ3) is 2.09. The Morgan fingerprint density at radius 1 is 1.53 bits per heavy atom. The Bertz CT molecular complexity index is 411. The zero-order valence-corrected chi connectivity index (χ0v) is 8.87. The topological polar surface area (TPSA) is 62.2 Å². The number of anilines is 1. The van der Waals surface area contributed by atoms with Gasteiger partial charge in [0.1, 0.15) is 11.4 Å². The molecule has 2 N–H and O–H groups in total. The van der Waals surface area contributed by atoms with Gasteiger partial charge in [-0.1, -0.05) is 0 Å². The molecule has 0 aliphatic heterocycles. The molecule has 1 aromatic heterocycles. The van der Waals surface area contributed by atoms with E-state index in [1.165, 1.54) is 0 Å². The molecule has 2 rings (SSSR count). The van der Waals surface area contributed by atoms with E-state index < -0.39 is 5.97 Å². The Morgan fingerprint density at radius 3 is 2.73 bits per heavy atom. The number of nitrogens with zero attached hydrogens (tertiary/aromatic N) is 1. The van der Waals surface area contributed by atoms with Gasteiger partial charge in [0.2, 0.25) is 0 Å². The SMILES string of the molecule is Cc1ccc(C(=O)O)c(NC2(C)CC2)n1. The predicted octanol–water partition coefficient (Wildman–Crippen LogP) is 2.05. The van der Waals surface area contributed by atoms with Crippen LogP contribution < -0.4 is 5.32 Å². The molecule has 1 saturated carbocycles. The van der Waals surface area contributed by atoms with Gasteiger partial charge >= 0.3 is 5.97 Å². The van der Waals surface area contributed by atoms with Crippen molar-refractivity contribution in [3.05, 3.63) is 23.4 Å². The van der Waals surface area contributed by atoms with Gasteiger partial charge in [0.05, 0.1) is 0 Å². The minimum Gasteiger partial charge on any atom is -0.478 e. The van der Waals surface area contributed by atoms with Crippen LogP contribution >= 0.6 is 0 Å². The predicted molar refractivity (Wildman–Crippen MR) is 57.2 cm³/mol. The van der Waals surface area contributed by atoms with E-state index in [4.69, 9.17) is 5.11 Å². The van der Waals surface area contributed by atoms with E-state index in [2.05, 4.69) is 17.2 Å². The van der Waals surface area contributed by atoms with Crippen molar-refractivity contribution in [2.24, 2.45) is 0 Å². The summed E-state index contributed by atoms with van der Waals surface area (Å²) in [7, 11) is 0. The zero-order valence-electron chi connectivity index (χ0n) is 8.87. The number of aryl methyl sites for hydroxylation is 1. The van der Waals surface area contributed by atoms with Crippen molar-refractivity contribution in [3.63, 3.8) is 0 Å². The van der Waals surface area contributed by atoms with Crippen LogP contribution in [0.3, 0.4) is 0 Å². The lowest BCUT2D eigenvalue weighted by Crippen LogP contribution is -2.19. The third-order valence-corrected chi connectivity index (χ3v) is 2.69. The van der Waals surface area contributed by atoms with Gasteiger partial charge in [-0.2, -0.15) is 0 Å². The highest BCUT2D eigenvalue weighted by Crippen LogP contribution is 2.38. The number of rotatable bonds is 3. The average Bonchev–Trinajstić information content (AvgIpc) is 2.82. The van der Waals surface area contributed by atoms with Crippen LogP contribution in [0.4, 0.5) is 5.82 Å². The number of nitrogens with one attached hydrogen (secondary N) is 1. The van der Waals surface area contributed by atoms with Gasteiger partial charge in [-0.15, -0.1) is 0 Å². The smallest absolute Gasteiger partial charge is 0.339 e. The summed E-state index contributed by atoms with van der Waals surface area (Å²) in [5.74, 6) is -0.447. The van der Waals surface area contributed by atoms with Crippen molar-refractivity contribution in [2.75, 3.05) is 5.32 Å². The van der Waals surface area contributed by atoms with E-state index in [-0.39, 0.29) is 11.1 Å². The van der Waals surface area contributed by atoms with E-state index in [1.54, 1.807) is 12.1 Å². The van der Waals surface area contributed by atoms with Gasteiger partial charge < -0.3 is 10.4 Å². The van der Waals surface area contributed by atoms with Crippen molar-refractivity contribution < 1.29 is 9.90 Å². The molecule has 0 bridgehead atoms. The summed E-state index contributed by atoms with van der Waals surface area (Å²) in [5, 5.41) is 12.2. The number of hydrogen-bond acceptors (Lipinski definition) is 3. The molecule has 0 unspecified atom stereocenters. The first kappa shape index (κ1) is 9.96. The van der Waals surface area contributed by atoms with Gasteiger partial charge in [0.25, 0.3) is 0 Å². The molecule has 1 aromatic rings. The van der Waals surface area contributed by atoms with E-state index in [9.17, 15) is 4.79 Å². The molecule has 0 radical (unpaired) electrons. The number of carbonyl (C=O) groups is 1. The quantitative estimate of drug-likeness (QED) is 0.794. The van der Waals surface area contributed by atoms with E-state index in [1.807, 2.05) is 6.92 Å². The summed E-state index contributed by atoms with van der Waals surface area (Å²) in [6, 6.07) is 3.31. The number of carboxylic acids is 1. The van der Waals surface area contributed by atoms with Crippen molar-refractivity contribution in [1.82, 2.24) is 4.98 Å². The van der Waals surface area contributed by atoms with Crippen molar-refractivity contribution >= 4 is 11.8 Å². The molecule has 80 valence electrons. The van der Waals surface area contributed by atoms with Crippen LogP contribution in [0.25, 0.3) is 0 Å². The van der Waals surface area contributed by atoms with Crippen LogP contribution in [0, 0.1) is 6.92 Å². The minimum absolute atomic E-state index is 0.0466. The molecule has 0 spiro atoms. The molecular formula is C11H14N2O2. The first-order valence-corrected chi connectivity index (χ1v) is 4.99. The maximum atomic E-state index is 11.0. The van der Waals surface area contributed by atoms with E-state index >= 15 is 0 Å². The van der Waals surface area contributed by atoms with Gasteiger partial charge in [-0.3, -0.25) is 0 Å². The molecule has 0 atom stereocenters. The molecule has 4 nitrogen and oxygen atoms in total. The summed E-state index contributed by atoms with van der Waals surface area (Å²) in [6.07, 6.45) is 2.14. The largest absolute Gasteiger partial charge is 0.478 e. The van der Waals surface area contributed by atoms with Crippen LogP contribution in [-0.2, 0) is 0 Å².